The van der Waals surface area contributed by atoms with E-state index in [0.29, 0.717) is 17.5 Å². The zero-order chi connectivity index (χ0) is 31.6. The number of rotatable bonds is 4. The molecule has 0 amide bonds. The van der Waals surface area contributed by atoms with E-state index in [4.69, 9.17) is 19.4 Å². The Morgan fingerprint density at radius 1 is 0.438 bits per heavy atom. The monoisotopic (exact) mass is 614 g/mol. The minimum Gasteiger partial charge on any atom is -0.454 e. The van der Waals surface area contributed by atoms with Crippen molar-refractivity contribution in [1.29, 1.82) is 0 Å². The zero-order valence-corrected chi connectivity index (χ0v) is 25.7. The Hall–Kier alpha value is -6.59. The van der Waals surface area contributed by atoms with Gasteiger partial charge < -0.3 is 8.98 Å². The van der Waals surface area contributed by atoms with Gasteiger partial charge in [-0.05, 0) is 23.6 Å². The lowest BCUT2D eigenvalue weighted by atomic mass is 10.0. The van der Waals surface area contributed by atoms with Crippen LogP contribution in [0.1, 0.15) is 0 Å². The van der Waals surface area contributed by atoms with Gasteiger partial charge in [0.05, 0.1) is 16.7 Å². The first-order valence-electron chi connectivity index (χ1n) is 16.0. The lowest BCUT2D eigenvalue weighted by molar-refractivity contribution is 0.666. The van der Waals surface area contributed by atoms with Gasteiger partial charge in [-0.25, -0.2) is 15.0 Å². The summed E-state index contributed by atoms with van der Waals surface area (Å²) in [5.74, 6) is 1.86. The Kier molecular flexibility index (Phi) is 5.81. The van der Waals surface area contributed by atoms with Crippen molar-refractivity contribution in [3.63, 3.8) is 0 Å². The van der Waals surface area contributed by atoms with E-state index in [1.54, 1.807) is 0 Å². The van der Waals surface area contributed by atoms with E-state index in [1.807, 2.05) is 72.8 Å². The molecule has 0 spiro atoms. The first-order valence-corrected chi connectivity index (χ1v) is 16.0. The SMILES string of the molecule is c1ccc(-c2nc(-c3ccccc3)nc(-c3cccc4oc5c(-n6c7ccccc7c7ccc8ccccc8c76)cccc5c34)n2)cc1. The van der Waals surface area contributed by atoms with E-state index in [1.165, 1.54) is 27.1 Å². The van der Waals surface area contributed by atoms with E-state index in [2.05, 4.69) is 89.5 Å². The summed E-state index contributed by atoms with van der Waals surface area (Å²) < 4.78 is 9.18. The predicted molar refractivity (Wildman–Crippen MR) is 195 cm³/mol. The van der Waals surface area contributed by atoms with Gasteiger partial charge in [-0.1, -0.05) is 140 Å². The highest BCUT2D eigenvalue weighted by atomic mass is 16.3. The topological polar surface area (TPSA) is 56.7 Å². The average Bonchev–Trinajstić information content (AvgIpc) is 3.72. The molecular weight excluding hydrogens is 589 g/mol. The second-order valence-corrected chi connectivity index (χ2v) is 12.0. The number of hydrogen-bond acceptors (Lipinski definition) is 4. The number of aromatic nitrogens is 4. The standard InChI is InChI=1S/C43H26N4O/c1-3-14-28(15-4-1)41-44-42(29-16-5-2-6-17-29)46-43(45-41)34-21-12-24-37-38(34)33-20-11-23-36(40(33)48-37)47-35-22-10-9-19-31(35)32-26-25-27-13-7-8-18-30(27)39(32)47/h1-26H. The average molecular weight is 615 g/mol. The van der Waals surface area contributed by atoms with Gasteiger partial charge in [0.15, 0.2) is 23.1 Å². The molecule has 3 aromatic heterocycles. The summed E-state index contributed by atoms with van der Waals surface area (Å²) in [4.78, 5) is 15.0. The van der Waals surface area contributed by atoms with Gasteiger partial charge >= 0.3 is 0 Å². The second-order valence-electron chi connectivity index (χ2n) is 12.0. The molecule has 7 aromatic carbocycles. The highest BCUT2D eigenvalue weighted by molar-refractivity contribution is 6.20. The number of hydrogen-bond donors (Lipinski definition) is 0. The molecular formula is C43H26N4O. The van der Waals surface area contributed by atoms with E-state index < -0.39 is 0 Å². The third-order valence-electron chi connectivity index (χ3n) is 9.24. The molecule has 0 atom stereocenters. The maximum absolute atomic E-state index is 6.82. The number of nitrogens with zero attached hydrogens (tertiary/aromatic N) is 4. The van der Waals surface area contributed by atoms with Crippen LogP contribution in [0.5, 0.6) is 0 Å². The molecule has 48 heavy (non-hydrogen) atoms. The van der Waals surface area contributed by atoms with Crippen molar-refractivity contribution < 1.29 is 4.42 Å². The molecule has 0 bridgehead atoms. The van der Waals surface area contributed by atoms with Gasteiger partial charge in [-0.3, -0.25) is 0 Å². The van der Waals surface area contributed by atoms with Crippen LogP contribution < -0.4 is 0 Å². The molecule has 10 aromatic rings. The van der Waals surface area contributed by atoms with E-state index >= 15 is 0 Å². The van der Waals surface area contributed by atoms with Crippen LogP contribution in [0.25, 0.3) is 94.4 Å². The summed E-state index contributed by atoms with van der Waals surface area (Å²) >= 11 is 0. The molecule has 0 aliphatic carbocycles. The first-order chi connectivity index (χ1) is 23.8. The van der Waals surface area contributed by atoms with E-state index in [0.717, 1.165) is 49.8 Å². The molecule has 3 heterocycles. The Labute approximate surface area is 275 Å². The summed E-state index contributed by atoms with van der Waals surface area (Å²) in [6, 6.07) is 54.3. The largest absolute Gasteiger partial charge is 0.454 e. The maximum atomic E-state index is 6.82. The molecule has 5 heteroatoms. The quantitative estimate of drug-likeness (QED) is 0.198. The summed E-state index contributed by atoms with van der Waals surface area (Å²) in [5, 5.41) is 6.80. The fraction of sp³-hybridized carbons (Fsp3) is 0. The van der Waals surface area contributed by atoms with Crippen molar-refractivity contribution >= 4 is 54.5 Å². The fourth-order valence-electron chi connectivity index (χ4n) is 7.10. The smallest absolute Gasteiger partial charge is 0.164 e. The van der Waals surface area contributed by atoms with Crippen molar-refractivity contribution in [2.45, 2.75) is 0 Å². The summed E-state index contributed by atoms with van der Waals surface area (Å²) in [6.45, 7) is 0. The highest BCUT2D eigenvalue weighted by Gasteiger charge is 2.22. The van der Waals surface area contributed by atoms with Crippen LogP contribution in [0, 0.1) is 0 Å². The molecule has 224 valence electrons. The van der Waals surface area contributed by atoms with Crippen LogP contribution in [-0.2, 0) is 0 Å². The zero-order valence-electron chi connectivity index (χ0n) is 25.7. The molecule has 5 nitrogen and oxygen atoms in total. The third-order valence-corrected chi connectivity index (χ3v) is 9.24. The van der Waals surface area contributed by atoms with E-state index in [9.17, 15) is 0 Å². The molecule has 0 unspecified atom stereocenters. The van der Waals surface area contributed by atoms with Gasteiger partial charge in [0, 0.05) is 43.6 Å². The van der Waals surface area contributed by atoms with Gasteiger partial charge in [0.2, 0.25) is 0 Å². The molecule has 0 N–H and O–H groups in total. The van der Waals surface area contributed by atoms with Crippen LogP contribution in [0.4, 0.5) is 0 Å². The molecule has 0 aliphatic heterocycles. The number of para-hydroxylation sites is 2. The van der Waals surface area contributed by atoms with Gasteiger partial charge in [-0.2, -0.15) is 0 Å². The van der Waals surface area contributed by atoms with Crippen LogP contribution in [-0.4, -0.2) is 19.5 Å². The number of fused-ring (bicyclic) bond motifs is 8. The first kappa shape index (κ1) is 26.6. The highest BCUT2D eigenvalue weighted by Crippen LogP contribution is 2.42. The van der Waals surface area contributed by atoms with Crippen molar-refractivity contribution in [3.8, 4) is 39.9 Å². The van der Waals surface area contributed by atoms with Gasteiger partial charge in [-0.15, -0.1) is 0 Å². The Morgan fingerprint density at radius 3 is 1.83 bits per heavy atom. The van der Waals surface area contributed by atoms with Crippen LogP contribution >= 0.6 is 0 Å². The van der Waals surface area contributed by atoms with Crippen LogP contribution in [0.3, 0.4) is 0 Å². The van der Waals surface area contributed by atoms with Crippen molar-refractivity contribution in [1.82, 2.24) is 19.5 Å². The van der Waals surface area contributed by atoms with Crippen LogP contribution in [0.2, 0.25) is 0 Å². The Balaban J connectivity index is 1.27. The Bertz CT molecular complexity index is 2780. The lowest BCUT2D eigenvalue weighted by Crippen LogP contribution is -2.00. The summed E-state index contributed by atoms with van der Waals surface area (Å²) in [7, 11) is 0. The minimum atomic E-state index is 0.601. The third kappa shape index (κ3) is 4.01. The number of furan rings is 1. The lowest BCUT2D eigenvalue weighted by Gasteiger charge is -2.11. The molecule has 0 aliphatic rings. The maximum Gasteiger partial charge on any atom is 0.164 e. The van der Waals surface area contributed by atoms with Gasteiger partial charge in [0.25, 0.3) is 0 Å². The molecule has 0 fully saturated rings. The van der Waals surface area contributed by atoms with Gasteiger partial charge in [0.1, 0.15) is 5.58 Å². The molecule has 10 rings (SSSR count). The minimum absolute atomic E-state index is 0.601. The molecule has 0 radical (unpaired) electrons. The summed E-state index contributed by atoms with van der Waals surface area (Å²) in [5.41, 5.74) is 7.65. The Morgan fingerprint density at radius 2 is 1.06 bits per heavy atom. The summed E-state index contributed by atoms with van der Waals surface area (Å²) in [6.07, 6.45) is 0. The van der Waals surface area contributed by atoms with Crippen molar-refractivity contribution in [3.05, 3.63) is 158 Å². The van der Waals surface area contributed by atoms with E-state index in [-0.39, 0.29) is 0 Å². The number of benzene rings is 7. The molecule has 0 saturated carbocycles. The predicted octanol–water partition coefficient (Wildman–Crippen LogP) is 11.0. The fourth-order valence-corrected chi connectivity index (χ4v) is 7.10. The van der Waals surface area contributed by atoms with Crippen LogP contribution in [0.15, 0.2) is 162 Å². The second kappa shape index (κ2) is 10.5. The normalized spacial score (nSPS) is 11.8. The molecule has 0 saturated heterocycles. The van der Waals surface area contributed by atoms with Crippen molar-refractivity contribution in [2.75, 3.05) is 0 Å². The van der Waals surface area contributed by atoms with Crippen molar-refractivity contribution in [2.24, 2.45) is 0 Å².